The molecule has 0 radical (unpaired) electrons. The van der Waals surface area contributed by atoms with Gasteiger partial charge in [0.05, 0.1) is 0 Å². The molecule has 144 valence electrons. The number of hydrogen-bond acceptors (Lipinski definition) is 3. The quantitative estimate of drug-likeness (QED) is 0.464. The zero-order chi connectivity index (χ0) is 18.6. The van der Waals surface area contributed by atoms with Crippen LogP contribution in [0.15, 0.2) is 35.3 Å². The smallest absolute Gasteiger partial charge is 0.241 e. The Balaban J connectivity index is 1.83. The molecule has 0 spiro atoms. The van der Waals surface area contributed by atoms with Gasteiger partial charge in [0.15, 0.2) is 5.96 Å². The van der Waals surface area contributed by atoms with E-state index >= 15 is 0 Å². The van der Waals surface area contributed by atoms with Crippen LogP contribution in [-0.4, -0.2) is 55.5 Å². The minimum Gasteiger partial charge on any atom is -0.357 e. The van der Waals surface area contributed by atoms with Gasteiger partial charge in [0.25, 0.3) is 0 Å². The summed E-state index contributed by atoms with van der Waals surface area (Å²) in [6, 6.07) is 11.1. The van der Waals surface area contributed by atoms with Crippen molar-refractivity contribution in [3.63, 3.8) is 0 Å². The molecule has 1 aromatic carbocycles. The van der Waals surface area contributed by atoms with E-state index in [4.69, 9.17) is 0 Å². The van der Waals surface area contributed by atoms with E-state index in [2.05, 4.69) is 56.2 Å². The molecular weight excluding hydrogens is 326 g/mol. The summed E-state index contributed by atoms with van der Waals surface area (Å²) in [5, 5.41) is 9.48. The zero-order valence-electron chi connectivity index (χ0n) is 16.1. The van der Waals surface area contributed by atoms with Gasteiger partial charge in [0.2, 0.25) is 5.91 Å². The fourth-order valence-electron chi connectivity index (χ4n) is 3.18. The van der Waals surface area contributed by atoms with Gasteiger partial charge in [0, 0.05) is 32.2 Å². The first-order valence-electron chi connectivity index (χ1n) is 9.79. The Morgan fingerprint density at radius 1 is 1.19 bits per heavy atom. The van der Waals surface area contributed by atoms with Crippen LogP contribution >= 0.6 is 0 Å². The van der Waals surface area contributed by atoms with Crippen LogP contribution in [0, 0.1) is 0 Å². The highest BCUT2D eigenvalue weighted by Crippen LogP contribution is 2.19. The maximum absolute atomic E-state index is 11.7. The van der Waals surface area contributed by atoms with Crippen molar-refractivity contribution in [2.75, 3.05) is 32.7 Å². The number of hydrogen-bond donors (Lipinski definition) is 3. The van der Waals surface area contributed by atoms with Crippen LogP contribution in [0.3, 0.4) is 0 Å². The average molecular weight is 360 g/mol. The Morgan fingerprint density at radius 3 is 2.73 bits per heavy atom. The molecule has 0 saturated carbocycles. The largest absolute Gasteiger partial charge is 0.357 e. The lowest BCUT2D eigenvalue weighted by atomic mass is 10.2. The van der Waals surface area contributed by atoms with Gasteiger partial charge >= 0.3 is 0 Å². The molecule has 26 heavy (non-hydrogen) atoms. The molecule has 6 heteroatoms. The van der Waals surface area contributed by atoms with E-state index in [0.29, 0.717) is 18.5 Å². The molecule has 1 saturated heterocycles. The van der Waals surface area contributed by atoms with Crippen LogP contribution in [-0.2, 0) is 11.3 Å². The molecule has 1 unspecified atom stereocenters. The molecule has 1 aliphatic heterocycles. The van der Waals surface area contributed by atoms with Gasteiger partial charge in [-0.15, -0.1) is 0 Å². The Labute approximate surface area is 157 Å². The molecule has 1 amide bonds. The minimum absolute atomic E-state index is 0.0318. The van der Waals surface area contributed by atoms with Crippen molar-refractivity contribution in [1.29, 1.82) is 0 Å². The molecule has 6 nitrogen and oxygen atoms in total. The second kappa shape index (κ2) is 11.5. The van der Waals surface area contributed by atoms with Crippen molar-refractivity contribution in [1.82, 2.24) is 20.9 Å². The number of benzene rings is 1. The maximum atomic E-state index is 11.7. The lowest BCUT2D eigenvalue weighted by molar-refractivity contribution is -0.119. The Bertz CT molecular complexity index is 561. The van der Waals surface area contributed by atoms with E-state index in [-0.39, 0.29) is 12.5 Å². The van der Waals surface area contributed by atoms with Crippen LogP contribution in [0.2, 0.25) is 0 Å². The number of likely N-dealkylation sites (tertiary alicyclic amines) is 1. The average Bonchev–Trinajstić information content (AvgIpc) is 3.10. The summed E-state index contributed by atoms with van der Waals surface area (Å²) in [6.45, 7) is 8.68. The van der Waals surface area contributed by atoms with Crippen LogP contribution < -0.4 is 16.0 Å². The number of nitrogens with one attached hydrogen (secondary N) is 3. The van der Waals surface area contributed by atoms with Gasteiger partial charge in [-0.3, -0.25) is 9.69 Å². The highest BCUT2D eigenvalue weighted by Gasteiger charge is 2.24. The van der Waals surface area contributed by atoms with Crippen molar-refractivity contribution in [2.45, 2.75) is 45.7 Å². The number of nitrogens with zero attached hydrogens (tertiary/aromatic N) is 2. The van der Waals surface area contributed by atoms with Crippen molar-refractivity contribution >= 4 is 11.9 Å². The predicted molar refractivity (Wildman–Crippen MR) is 107 cm³/mol. The number of guanidine groups is 1. The topological polar surface area (TPSA) is 68.8 Å². The summed E-state index contributed by atoms with van der Waals surface area (Å²) in [6.07, 6.45) is 3.36. The molecule has 3 N–H and O–H groups in total. The molecule has 2 rings (SSSR count). The first kappa shape index (κ1) is 20.2. The molecular formula is C20H33N5O. The Morgan fingerprint density at radius 2 is 2.00 bits per heavy atom. The lowest BCUT2D eigenvalue weighted by Crippen LogP contribution is -2.45. The van der Waals surface area contributed by atoms with E-state index in [9.17, 15) is 4.79 Å². The van der Waals surface area contributed by atoms with Crippen LogP contribution in [0.5, 0.6) is 0 Å². The van der Waals surface area contributed by atoms with Crippen LogP contribution in [0.1, 0.15) is 38.7 Å². The predicted octanol–water partition coefficient (Wildman–Crippen LogP) is 1.73. The molecule has 1 atom stereocenters. The summed E-state index contributed by atoms with van der Waals surface area (Å²) in [5.41, 5.74) is 1.35. The standard InChI is InChI=1S/C20H33N5O/c1-3-12-22-19(26)15-24-20(21-4-2)23-14-18-11-8-13-25(18)16-17-9-6-5-7-10-17/h5-7,9-10,18H,3-4,8,11-16H2,1-2H3,(H,22,26)(H2,21,23,24). The van der Waals surface area contributed by atoms with Gasteiger partial charge < -0.3 is 16.0 Å². The summed E-state index contributed by atoms with van der Waals surface area (Å²) in [4.78, 5) is 18.7. The van der Waals surface area contributed by atoms with Crippen molar-refractivity contribution in [3.8, 4) is 0 Å². The van der Waals surface area contributed by atoms with Gasteiger partial charge in [-0.25, -0.2) is 4.99 Å². The monoisotopic (exact) mass is 359 g/mol. The highest BCUT2D eigenvalue weighted by molar-refractivity contribution is 5.84. The highest BCUT2D eigenvalue weighted by atomic mass is 16.1. The SMILES string of the molecule is CCCNC(=O)CN=C(NCC)NCC1CCCN1Cc1ccccc1. The van der Waals surface area contributed by atoms with Crippen LogP contribution in [0.25, 0.3) is 0 Å². The zero-order valence-corrected chi connectivity index (χ0v) is 16.1. The van der Waals surface area contributed by atoms with Gasteiger partial charge in [-0.1, -0.05) is 37.3 Å². The molecule has 0 bridgehead atoms. The molecule has 1 heterocycles. The number of aliphatic imine (C=N–C) groups is 1. The van der Waals surface area contributed by atoms with E-state index in [0.717, 1.165) is 32.6 Å². The molecule has 0 aromatic heterocycles. The number of rotatable bonds is 9. The number of amides is 1. The summed E-state index contributed by atoms with van der Waals surface area (Å²) >= 11 is 0. The van der Waals surface area contributed by atoms with Crippen molar-refractivity contribution < 1.29 is 4.79 Å². The van der Waals surface area contributed by atoms with E-state index in [1.54, 1.807) is 0 Å². The van der Waals surface area contributed by atoms with E-state index in [1.165, 1.54) is 18.4 Å². The summed E-state index contributed by atoms with van der Waals surface area (Å²) < 4.78 is 0. The fraction of sp³-hybridized carbons (Fsp3) is 0.600. The molecule has 1 aromatic rings. The fourth-order valence-corrected chi connectivity index (χ4v) is 3.18. The second-order valence-corrected chi connectivity index (χ2v) is 6.68. The second-order valence-electron chi connectivity index (χ2n) is 6.68. The van der Waals surface area contributed by atoms with Crippen molar-refractivity contribution in [3.05, 3.63) is 35.9 Å². The Kier molecular flexibility index (Phi) is 8.96. The number of carbonyl (C=O) groups is 1. The van der Waals surface area contributed by atoms with Gasteiger partial charge in [0.1, 0.15) is 6.54 Å². The lowest BCUT2D eigenvalue weighted by Gasteiger charge is -2.25. The summed E-state index contributed by atoms with van der Waals surface area (Å²) in [5.74, 6) is 0.682. The Hall–Kier alpha value is -2.08. The molecule has 0 aliphatic carbocycles. The third-order valence-electron chi connectivity index (χ3n) is 4.53. The van der Waals surface area contributed by atoms with Gasteiger partial charge in [-0.2, -0.15) is 0 Å². The first-order valence-corrected chi connectivity index (χ1v) is 9.79. The van der Waals surface area contributed by atoms with Gasteiger partial charge in [-0.05, 0) is 38.3 Å². The normalized spacial score (nSPS) is 17.9. The molecule has 1 fully saturated rings. The van der Waals surface area contributed by atoms with E-state index < -0.39 is 0 Å². The third-order valence-corrected chi connectivity index (χ3v) is 4.53. The molecule has 1 aliphatic rings. The van der Waals surface area contributed by atoms with Crippen LogP contribution in [0.4, 0.5) is 0 Å². The third kappa shape index (κ3) is 7.04. The first-order chi connectivity index (χ1) is 12.7. The summed E-state index contributed by atoms with van der Waals surface area (Å²) in [7, 11) is 0. The number of carbonyl (C=O) groups excluding carboxylic acids is 1. The maximum Gasteiger partial charge on any atom is 0.241 e. The van der Waals surface area contributed by atoms with Crippen molar-refractivity contribution in [2.24, 2.45) is 4.99 Å². The van der Waals surface area contributed by atoms with E-state index in [1.807, 2.05) is 13.8 Å². The minimum atomic E-state index is -0.0318.